The number of amides is 1. The van der Waals surface area contributed by atoms with Crippen LogP contribution in [0.25, 0.3) is 10.8 Å². The third-order valence-corrected chi connectivity index (χ3v) is 4.79. The second-order valence-corrected chi connectivity index (χ2v) is 6.47. The first-order valence-electron chi connectivity index (χ1n) is 7.60. The first-order chi connectivity index (χ1) is 12.4. The van der Waals surface area contributed by atoms with E-state index in [4.69, 9.17) is 0 Å². The molecule has 1 amide bonds. The number of benzene rings is 1. The number of halogens is 3. The summed E-state index contributed by atoms with van der Waals surface area (Å²) in [4.78, 5) is 18.2. The lowest BCUT2D eigenvalue weighted by Crippen LogP contribution is -2.38. The molecule has 11 heteroatoms. The molecule has 4 rings (SSSR count). The van der Waals surface area contributed by atoms with Crippen LogP contribution >= 0.6 is 11.5 Å². The van der Waals surface area contributed by atoms with Gasteiger partial charge in [0.1, 0.15) is 5.82 Å². The summed E-state index contributed by atoms with van der Waals surface area (Å²) in [5, 5.41) is 8.80. The Morgan fingerprint density at radius 2 is 1.88 bits per heavy atom. The lowest BCUT2D eigenvalue weighted by Gasteiger charge is -2.27. The molecule has 0 aliphatic carbocycles. The van der Waals surface area contributed by atoms with Crippen LogP contribution < -0.4 is 0 Å². The number of fused-ring (bicyclic) bond motifs is 1. The number of aromatic nitrogens is 5. The van der Waals surface area contributed by atoms with E-state index in [9.17, 15) is 18.0 Å². The molecule has 0 fully saturated rings. The van der Waals surface area contributed by atoms with Crippen molar-refractivity contribution in [2.75, 3.05) is 6.54 Å². The van der Waals surface area contributed by atoms with Crippen molar-refractivity contribution >= 4 is 17.4 Å². The highest BCUT2D eigenvalue weighted by Crippen LogP contribution is 2.24. The molecule has 3 heterocycles. The second kappa shape index (κ2) is 6.16. The molecule has 134 valence electrons. The van der Waals surface area contributed by atoms with Gasteiger partial charge in [0.25, 0.3) is 5.91 Å². The van der Waals surface area contributed by atoms with Crippen LogP contribution in [0.3, 0.4) is 0 Å². The summed E-state index contributed by atoms with van der Waals surface area (Å²) < 4.78 is 45.8. The third-order valence-electron chi connectivity index (χ3n) is 3.99. The number of carbonyl (C=O) groups is 1. The summed E-state index contributed by atoms with van der Waals surface area (Å²) in [5.41, 5.74) is -0.255. The zero-order valence-electron chi connectivity index (χ0n) is 13.4. The topological polar surface area (TPSA) is 76.8 Å². The molecule has 0 unspecified atom stereocenters. The maximum atomic E-state index is 13.4. The highest BCUT2D eigenvalue weighted by atomic mass is 32.1. The van der Waals surface area contributed by atoms with Gasteiger partial charge >= 0.3 is 0 Å². The van der Waals surface area contributed by atoms with E-state index in [1.807, 2.05) is 4.57 Å². The lowest BCUT2D eigenvalue weighted by atomic mass is 10.1. The molecule has 0 saturated heterocycles. The van der Waals surface area contributed by atoms with Crippen LogP contribution in [0.2, 0.25) is 0 Å². The smallest absolute Gasteiger partial charge is 0.254 e. The highest BCUT2D eigenvalue weighted by molar-refractivity contribution is 7.09. The van der Waals surface area contributed by atoms with Gasteiger partial charge in [-0.15, -0.1) is 10.2 Å². The number of aryl methyl sites for hydroxylation is 1. The quantitative estimate of drug-likeness (QED) is 0.637. The summed E-state index contributed by atoms with van der Waals surface area (Å²) in [7, 11) is 0. The Balaban J connectivity index is 1.59. The molecule has 2 aromatic heterocycles. The molecule has 7 nitrogen and oxygen atoms in total. The zero-order chi connectivity index (χ0) is 18.4. The van der Waals surface area contributed by atoms with Gasteiger partial charge in [-0.3, -0.25) is 4.79 Å². The lowest BCUT2D eigenvalue weighted by molar-refractivity contribution is 0.0706. The highest BCUT2D eigenvalue weighted by Gasteiger charge is 2.27. The Bertz CT molecular complexity index is 994. The molecule has 3 aromatic rings. The first-order valence-corrected chi connectivity index (χ1v) is 8.38. The molecule has 0 saturated carbocycles. The Labute approximate surface area is 149 Å². The van der Waals surface area contributed by atoms with Crippen LogP contribution in [0.15, 0.2) is 12.1 Å². The standard InChI is InChI=1S/C15H11F3N6OS/c1-7-19-14(26-22-7)13-21-20-11-6-23(2-3-24(11)13)15(25)8-4-9(16)12(18)10(17)5-8/h4-5H,2-3,6H2,1H3. The van der Waals surface area contributed by atoms with E-state index in [-0.39, 0.29) is 18.7 Å². The summed E-state index contributed by atoms with van der Waals surface area (Å²) >= 11 is 1.20. The molecular weight excluding hydrogens is 369 g/mol. The molecule has 1 aliphatic heterocycles. The predicted octanol–water partition coefficient (Wildman–Crippen LogP) is 2.18. The summed E-state index contributed by atoms with van der Waals surface area (Å²) in [5.74, 6) is -3.28. The van der Waals surface area contributed by atoms with Gasteiger partial charge in [0, 0.05) is 18.7 Å². The van der Waals surface area contributed by atoms with E-state index < -0.39 is 23.4 Å². The Kier molecular flexibility index (Phi) is 3.94. The van der Waals surface area contributed by atoms with E-state index in [1.54, 1.807) is 6.92 Å². The van der Waals surface area contributed by atoms with Gasteiger partial charge in [0.2, 0.25) is 0 Å². The maximum Gasteiger partial charge on any atom is 0.254 e. The Morgan fingerprint density at radius 1 is 1.15 bits per heavy atom. The molecule has 0 spiro atoms. The number of rotatable bonds is 2. The van der Waals surface area contributed by atoms with Crippen LogP contribution in [-0.2, 0) is 13.1 Å². The van der Waals surface area contributed by atoms with Crippen molar-refractivity contribution in [3.05, 3.63) is 46.8 Å². The molecule has 0 N–H and O–H groups in total. The number of hydrogen-bond donors (Lipinski definition) is 0. The fourth-order valence-electron chi connectivity index (χ4n) is 2.74. The summed E-state index contributed by atoms with van der Waals surface area (Å²) in [6.07, 6.45) is 0. The van der Waals surface area contributed by atoms with Crippen molar-refractivity contribution in [2.45, 2.75) is 20.0 Å². The van der Waals surface area contributed by atoms with Crippen LogP contribution in [0.1, 0.15) is 22.0 Å². The van der Waals surface area contributed by atoms with E-state index >= 15 is 0 Å². The van der Waals surface area contributed by atoms with Gasteiger partial charge in [-0.1, -0.05) is 0 Å². The SMILES string of the molecule is Cc1nsc(-c2nnc3n2CCN(C(=O)c2cc(F)c(F)c(F)c2)C3)n1. The number of hydrogen-bond acceptors (Lipinski definition) is 6. The monoisotopic (exact) mass is 380 g/mol. The molecule has 1 aliphatic rings. The zero-order valence-corrected chi connectivity index (χ0v) is 14.2. The van der Waals surface area contributed by atoms with E-state index in [1.165, 1.54) is 16.4 Å². The fourth-order valence-corrected chi connectivity index (χ4v) is 3.40. The van der Waals surface area contributed by atoms with Gasteiger partial charge in [-0.2, -0.15) is 4.37 Å². The van der Waals surface area contributed by atoms with Crippen molar-refractivity contribution in [1.29, 1.82) is 0 Å². The van der Waals surface area contributed by atoms with Gasteiger partial charge < -0.3 is 9.47 Å². The van der Waals surface area contributed by atoms with Crippen LogP contribution in [-0.4, -0.2) is 41.5 Å². The third kappa shape index (κ3) is 2.73. The average molecular weight is 380 g/mol. The van der Waals surface area contributed by atoms with Crippen molar-refractivity contribution in [3.63, 3.8) is 0 Å². The van der Waals surface area contributed by atoms with Crippen molar-refractivity contribution in [1.82, 2.24) is 29.0 Å². The predicted molar refractivity (Wildman–Crippen MR) is 84.7 cm³/mol. The van der Waals surface area contributed by atoms with Crippen LogP contribution in [0.5, 0.6) is 0 Å². The van der Waals surface area contributed by atoms with Gasteiger partial charge in [0.15, 0.2) is 34.1 Å². The Morgan fingerprint density at radius 3 is 2.54 bits per heavy atom. The molecule has 0 atom stereocenters. The van der Waals surface area contributed by atoms with Crippen LogP contribution in [0.4, 0.5) is 13.2 Å². The largest absolute Gasteiger partial charge is 0.329 e. The van der Waals surface area contributed by atoms with Gasteiger partial charge in [0.05, 0.1) is 6.54 Å². The van der Waals surface area contributed by atoms with Gasteiger partial charge in [-0.25, -0.2) is 18.2 Å². The number of carbonyl (C=O) groups excluding carboxylic acids is 1. The maximum absolute atomic E-state index is 13.4. The fraction of sp³-hybridized carbons (Fsp3) is 0.267. The molecule has 26 heavy (non-hydrogen) atoms. The number of nitrogens with zero attached hydrogens (tertiary/aromatic N) is 6. The van der Waals surface area contributed by atoms with E-state index in [0.29, 0.717) is 41.2 Å². The van der Waals surface area contributed by atoms with Crippen molar-refractivity contribution < 1.29 is 18.0 Å². The second-order valence-electron chi connectivity index (χ2n) is 5.72. The minimum Gasteiger partial charge on any atom is -0.329 e. The first kappa shape index (κ1) is 16.6. The average Bonchev–Trinajstić information content (AvgIpc) is 3.23. The van der Waals surface area contributed by atoms with Crippen LogP contribution in [0, 0.1) is 24.4 Å². The minimum absolute atomic E-state index is 0.115. The molecule has 0 bridgehead atoms. The molecule has 1 aromatic carbocycles. The summed E-state index contributed by atoms with van der Waals surface area (Å²) in [6, 6.07) is 1.38. The van der Waals surface area contributed by atoms with E-state index in [0.717, 1.165) is 0 Å². The Hall–Kier alpha value is -2.82. The van der Waals surface area contributed by atoms with Crippen molar-refractivity contribution in [3.8, 4) is 10.8 Å². The van der Waals surface area contributed by atoms with Gasteiger partial charge in [-0.05, 0) is 30.6 Å². The summed E-state index contributed by atoms with van der Waals surface area (Å²) in [6.45, 7) is 2.57. The van der Waals surface area contributed by atoms with Crippen molar-refractivity contribution in [2.24, 2.45) is 0 Å². The molecule has 0 radical (unpaired) electrons. The molecular formula is C15H11F3N6OS. The normalized spacial score (nSPS) is 13.8. The minimum atomic E-state index is -1.60. The van der Waals surface area contributed by atoms with E-state index in [2.05, 4.69) is 19.6 Å².